The van der Waals surface area contributed by atoms with Crippen LogP contribution in [0, 0.1) is 19.8 Å². The summed E-state index contributed by atoms with van der Waals surface area (Å²) >= 11 is 0. The second-order valence-electron chi connectivity index (χ2n) is 7.11. The van der Waals surface area contributed by atoms with Crippen LogP contribution in [0.3, 0.4) is 0 Å². The average molecular weight is 380 g/mol. The van der Waals surface area contributed by atoms with Gasteiger partial charge in [0, 0.05) is 24.6 Å². The van der Waals surface area contributed by atoms with E-state index in [1.54, 1.807) is 13.4 Å². The van der Waals surface area contributed by atoms with Crippen LogP contribution in [-0.4, -0.2) is 36.1 Å². The Labute approximate surface area is 163 Å². The summed E-state index contributed by atoms with van der Waals surface area (Å²) in [5.74, 6) is 2.42. The van der Waals surface area contributed by atoms with E-state index in [9.17, 15) is 4.79 Å². The number of nitrogens with zero attached hydrogens (tertiary/aromatic N) is 3. The van der Waals surface area contributed by atoms with Crippen LogP contribution in [0.15, 0.2) is 35.0 Å². The van der Waals surface area contributed by atoms with Crippen LogP contribution in [-0.2, 0) is 4.79 Å². The number of furan rings is 1. The van der Waals surface area contributed by atoms with Gasteiger partial charge in [0.05, 0.1) is 18.2 Å². The molecular weight excluding hydrogens is 356 g/mol. The van der Waals surface area contributed by atoms with Crippen molar-refractivity contribution >= 4 is 28.5 Å². The lowest BCUT2D eigenvalue weighted by Gasteiger charge is -2.32. The Morgan fingerprint density at radius 1 is 1.21 bits per heavy atom. The summed E-state index contributed by atoms with van der Waals surface area (Å²) in [6.45, 7) is 5.50. The molecule has 1 N–H and O–H groups in total. The Morgan fingerprint density at radius 2 is 1.96 bits per heavy atom. The van der Waals surface area contributed by atoms with Crippen LogP contribution in [0.4, 0.5) is 11.5 Å². The van der Waals surface area contributed by atoms with Crippen molar-refractivity contribution in [2.24, 2.45) is 5.92 Å². The van der Waals surface area contributed by atoms with Gasteiger partial charge in [0.2, 0.25) is 11.6 Å². The first-order valence-electron chi connectivity index (χ1n) is 9.48. The number of benzene rings is 1. The molecule has 2 aromatic heterocycles. The second kappa shape index (κ2) is 7.50. The number of nitrogens with one attached hydrogen (secondary N) is 1. The number of para-hydroxylation sites is 2. The van der Waals surface area contributed by atoms with Gasteiger partial charge in [-0.15, -0.1) is 0 Å². The molecule has 146 valence electrons. The standard InChI is InChI=1S/C21H24N4O3/c1-13-14(2)28-21-18(13)19(22-12-23-21)25-10-8-15(9-11-25)20(26)24-16-6-4-5-7-17(16)27-3/h4-7,12,15H,8-11H2,1-3H3,(H,24,26). The van der Waals surface area contributed by atoms with Gasteiger partial charge in [-0.3, -0.25) is 4.79 Å². The molecule has 1 amide bonds. The molecule has 28 heavy (non-hydrogen) atoms. The number of carbonyl (C=O) groups excluding carboxylic acids is 1. The minimum Gasteiger partial charge on any atom is -0.495 e. The summed E-state index contributed by atoms with van der Waals surface area (Å²) < 4.78 is 11.0. The molecule has 0 atom stereocenters. The van der Waals surface area contributed by atoms with Crippen LogP contribution >= 0.6 is 0 Å². The lowest BCUT2D eigenvalue weighted by atomic mass is 9.95. The van der Waals surface area contributed by atoms with Crippen molar-refractivity contribution in [2.75, 3.05) is 30.4 Å². The molecule has 0 saturated carbocycles. The summed E-state index contributed by atoms with van der Waals surface area (Å²) in [6.07, 6.45) is 3.07. The Kier molecular flexibility index (Phi) is 4.90. The number of ether oxygens (including phenoxy) is 1. The lowest BCUT2D eigenvalue weighted by molar-refractivity contribution is -0.120. The zero-order chi connectivity index (χ0) is 19.7. The summed E-state index contributed by atoms with van der Waals surface area (Å²) in [7, 11) is 1.60. The van der Waals surface area contributed by atoms with Crippen molar-refractivity contribution in [2.45, 2.75) is 26.7 Å². The zero-order valence-corrected chi connectivity index (χ0v) is 16.4. The third kappa shape index (κ3) is 3.28. The fraction of sp³-hybridized carbons (Fsp3) is 0.381. The van der Waals surface area contributed by atoms with Crippen LogP contribution in [0.2, 0.25) is 0 Å². The molecular formula is C21H24N4O3. The van der Waals surface area contributed by atoms with E-state index in [1.807, 2.05) is 38.1 Å². The van der Waals surface area contributed by atoms with Gasteiger partial charge < -0.3 is 19.4 Å². The SMILES string of the molecule is COc1ccccc1NC(=O)C1CCN(c2ncnc3oc(C)c(C)c23)CC1. The van der Waals surface area contributed by atoms with E-state index in [0.717, 1.165) is 48.5 Å². The molecule has 3 aromatic rings. The van der Waals surface area contributed by atoms with Gasteiger partial charge in [0.25, 0.3) is 0 Å². The van der Waals surface area contributed by atoms with Gasteiger partial charge in [0.15, 0.2) is 0 Å². The topological polar surface area (TPSA) is 80.5 Å². The number of fused-ring (bicyclic) bond motifs is 1. The van der Waals surface area contributed by atoms with Crippen molar-refractivity contribution in [1.82, 2.24) is 9.97 Å². The van der Waals surface area contributed by atoms with Gasteiger partial charge in [-0.25, -0.2) is 9.97 Å². The predicted octanol–water partition coefficient (Wildman–Crippen LogP) is 3.70. The Morgan fingerprint density at radius 3 is 2.71 bits per heavy atom. The molecule has 1 aromatic carbocycles. The molecule has 3 heterocycles. The third-order valence-corrected chi connectivity index (χ3v) is 5.48. The van der Waals surface area contributed by atoms with Crippen molar-refractivity contribution in [3.63, 3.8) is 0 Å². The normalized spacial score (nSPS) is 15.0. The molecule has 4 rings (SSSR count). The molecule has 1 fully saturated rings. The van der Waals surface area contributed by atoms with Crippen molar-refractivity contribution in [1.29, 1.82) is 0 Å². The number of aromatic nitrogens is 2. The third-order valence-electron chi connectivity index (χ3n) is 5.48. The molecule has 1 aliphatic rings. The fourth-order valence-electron chi connectivity index (χ4n) is 3.74. The highest BCUT2D eigenvalue weighted by Crippen LogP contribution is 2.33. The Hall–Kier alpha value is -3.09. The first-order valence-corrected chi connectivity index (χ1v) is 9.48. The molecule has 1 aliphatic heterocycles. The fourth-order valence-corrected chi connectivity index (χ4v) is 3.74. The minimum absolute atomic E-state index is 0.0346. The van der Waals surface area contributed by atoms with Crippen LogP contribution in [0.5, 0.6) is 5.75 Å². The first-order chi connectivity index (χ1) is 13.6. The van der Waals surface area contributed by atoms with E-state index >= 15 is 0 Å². The van der Waals surface area contributed by atoms with Crippen LogP contribution in [0.25, 0.3) is 11.1 Å². The number of hydrogen-bond donors (Lipinski definition) is 1. The highest BCUT2D eigenvalue weighted by molar-refractivity contribution is 5.94. The van der Waals surface area contributed by atoms with Gasteiger partial charge >= 0.3 is 0 Å². The lowest BCUT2D eigenvalue weighted by Crippen LogP contribution is -2.38. The van der Waals surface area contributed by atoms with Crippen LogP contribution < -0.4 is 15.0 Å². The number of hydrogen-bond acceptors (Lipinski definition) is 6. The highest BCUT2D eigenvalue weighted by atomic mass is 16.5. The van der Waals surface area contributed by atoms with E-state index in [0.29, 0.717) is 17.2 Å². The molecule has 7 nitrogen and oxygen atoms in total. The summed E-state index contributed by atoms with van der Waals surface area (Å²) in [5, 5.41) is 3.97. The minimum atomic E-state index is -0.0364. The highest BCUT2D eigenvalue weighted by Gasteiger charge is 2.28. The van der Waals surface area contributed by atoms with Crippen molar-refractivity contribution in [3.8, 4) is 5.75 Å². The maximum Gasteiger partial charge on any atom is 0.231 e. The van der Waals surface area contributed by atoms with E-state index in [2.05, 4.69) is 20.2 Å². The van der Waals surface area contributed by atoms with E-state index < -0.39 is 0 Å². The molecule has 1 saturated heterocycles. The number of anilines is 2. The Balaban J connectivity index is 1.46. The first kappa shape index (κ1) is 18.3. The molecule has 0 spiro atoms. The summed E-state index contributed by atoms with van der Waals surface area (Å²) in [6, 6.07) is 7.46. The summed E-state index contributed by atoms with van der Waals surface area (Å²) in [5.41, 5.74) is 2.40. The summed E-state index contributed by atoms with van der Waals surface area (Å²) in [4.78, 5) is 23.7. The number of methoxy groups -OCH3 is 1. The molecule has 0 bridgehead atoms. The van der Waals surface area contributed by atoms with Gasteiger partial charge in [-0.05, 0) is 38.8 Å². The van der Waals surface area contributed by atoms with Crippen molar-refractivity contribution in [3.05, 3.63) is 41.9 Å². The zero-order valence-electron chi connectivity index (χ0n) is 16.4. The molecule has 0 unspecified atom stereocenters. The molecule has 0 radical (unpaired) electrons. The predicted molar refractivity (Wildman–Crippen MR) is 108 cm³/mol. The number of amides is 1. The van der Waals surface area contributed by atoms with E-state index in [-0.39, 0.29) is 11.8 Å². The van der Waals surface area contributed by atoms with Gasteiger partial charge in [0.1, 0.15) is 23.7 Å². The molecule has 0 aliphatic carbocycles. The van der Waals surface area contributed by atoms with E-state index in [1.165, 1.54) is 0 Å². The smallest absolute Gasteiger partial charge is 0.231 e. The number of aryl methyl sites for hydroxylation is 2. The monoisotopic (exact) mass is 380 g/mol. The molecule has 7 heteroatoms. The Bertz CT molecular complexity index is 1010. The van der Waals surface area contributed by atoms with E-state index in [4.69, 9.17) is 9.15 Å². The maximum atomic E-state index is 12.7. The average Bonchev–Trinajstić information content (AvgIpc) is 3.02. The van der Waals surface area contributed by atoms with Gasteiger partial charge in [-0.1, -0.05) is 12.1 Å². The quantitative estimate of drug-likeness (QED) is 0.743. The number of carbonyl (C=O) groups is 1. The van der Waals surface area contributed by atoms with Crippen LogP contribution in [0.1, 0.15) is 24.2 Å². The number of rotatable bonds is 4. The largest absolute Gasteiger partial charge is 0.495 e. The van der Waals surface area contributed by atoms with Gasteiger partial charge in [-0.2, -0.15) is 0 Å². The van der Waals surface area contributed by atoms with Crippen molar-refractivity contribution < 1.29 is 13.9 Å². The maximum absolute atomic E-state index is 12.7. The second-order valence-corrected chi connectivity index (χ2v) is 7.11. The number of piperidine rings is 1.